The Bertz CT molecular complexity index is 975. The summed E-state index contributed by atoms with van der Waals surface area (Å²) in [5.74, 6) is -0.443. The zero-order valence-corrected chi connectivity index (χ0v) is 13.3. The molecule has 0 atom stereocenters. The van der Waals surface area contributed by atoms with Crippen LogP contribution in [0.2, 0.25) is 0 Å². The minimum Gasteiger partial charge on any atom is -0.462 e. The molecule has 0 unspecified atom stereocenters. The number of ether oxygens (including phenoxy) is 1. The van der Waals surface area contributed by atoms with E-state index >= 15 is 0 Å². The normalized spacial score (nSPS) is 11.1. The molecule has 0 aliphatic rings. The number of benzene rings is 1. The number of fused-ring (bicyclic) bond motifs is 1. The van der Waals surface area contributed by atoms with Crippen LogP contribution < -0.4 is 0 Å². The first kappa shape index (κ1) is 16.4. The van der Waals surface area contributed by atoms with Crippen molar-refractivity contribution in [2.45, 2.75) is 6.92 Å². The van der Waals surface area contributed by atoms with E-state index < -0.39 is 10.9 Å². The summed E-state index contributed by atoms with van der Waals surface area (Å²) in [5.41, 5.74) is 1.58. The average molecular weight is 338 g/mol. The highest BCUT2D eigenvalue weighted by atomic mass is 16.6. The average Bonchev–Trinajstić information content (AvgIpc) is 3.09. The highest BCUT2D eigenvalue weighted by Crippen LogP contribution is 2.22. The molecule has 7 nitrogen and oxygen atoms in total. The zero-order chi connectivity index (χ0) is 17.8. The summed E-state index contributed by atoms with van der Waals surface area (Å²) >= 11 is 0. The van der Waals surface area contributed by atoms with Gasteiger partial charge in [-0.25, -0.2) is 9.78 Å². The van der Waals surface area contributed by atoms with E-state index in [4.69, 9.17) is 9.15 Å². The van der Waals surface area contributed by atoms with Crippen LogP contribution in [0.3, 0.4) is 0 Å². The predicted molar refractivity (Wildman–Crippen MR) is 92.0 cm³/mol. The summed E-state index contributed by atoms with van der Waals surface area (Å²) in [5, 5.41) is 11.3. The maximum atomic E-state index is 12.2. The number of esters is 1. The van der Waals surface area contributed by atoms with Crippen LogP contribution in [0.4, 0.5) is 5.88 Å². The van der Waals surface area contributed by atoms with Crippen molar-refractivity contribution in [1.82, 2.24) is 4.98 Å². The lowest BCUT2D eigenvalue weighted by Gasteiger charge is -2.07. The molecule has 0 spiro atoms. The van der Waals surface area contributed by atoms with Crippen molar-refractivity contribution < 1.29 is 18.9 Å². The Morgan fingerprint density at radius 2 is 2.08 bits per heavy atom. The molecule has 0 saturated carbocycles. The number of furan rings is 1. The molecule has 0 N–H and O–H groups in total. The van der Waals surface area contributed by atoms with Gasteiger partial charge in [-0.3, -0.25) is 10.1 Å². The first-order chi connectivity index (χ1) is 12.1. The van der Waals surface area contributed by atoms with Gasteiger partial charge < -0.3 is 9.15 Å². The van der Waals surface area contributed by atoms with E-state index in [0.717, 1.165) is 0 Å². The maximum Gasteiger partial charge on any atom is 0.433 e. The lowest BCUT2D eigenvalue weighted by molar-refractivity contribution is -0.402. The van der Waals surface area contributed by atoms with Crippen molar-refractivity contribution in [3.63, 3.8) is 0 Å². The number of aromatic nitrogens is 1. The van der Waals surface area contributed by atoms with Gasteiger partial charge in [0.1, 0.15) is 10.7 Å². The molecular formula is C18H14N2O5. The lowest BCUT2D eigenvalue weighted by Crippen LogP contribution is -2.06. The Morgan fingerprint density at radius 3 is 2.80 bits per heavy atom. The van der Waals surface area contributed by atoms with Gasteiger partial charge in [-0.05, 0) is 37.3 Å². The molecule has 1 aromatic carbocycles. The molecule has 0 amide bonds. The molecule has 3 rings (SSSR count). The Balaban J connectivity index is 1.99. The maximum absolute atomic E-state index is 12.2. The molecule has 0 radical (unpaired) electrons. The first-order valence-electron chi connectivity index (χ1n) is 7.57. The van der Waals surface area contributed by atoms with Crippen molar-refractivity contribution in [3.8, 4) is 0 Å². The topological polar surface area (TPSA) is 95.5 Å². The summed E-state index contributed by atoms with van der Waals surface area (Å²) in [6, 6.07) is 11.6. The Hall–Kier alpha value is -3.48. The lowest BCUT2D eigenvalue weighted by atomic mass is 10.1. The van der Waals surface area contributed by atoms with E-state index in [9.17, 15) is 14.9 Å². The first-order valence-corrected chi connectivity index (χ1v) is 7.57. The molecule has 2 aromatic heterocycles. The van der Waals surface area contributed by atoms with Gasteiger partial charge in [0.05, 0.1) is 29.4 Å². The number of rotatable bonds is 5. The van der Waals surface area contributed by atoms with Crippen molar-refractivity contribution in [1.29, 1.82) is 0 Å². The van der Waals surface area contributed by atoms with E-state index in [0.29, 0.717) is 27.9 Å². The third-order valence-electron chi connectivity index (χ3n) is 3.44. The van der Waals surface area contributed by atoms with Gasteiger partial charge in [0, 0.05) is 5.39 Å². The quantitative estimate of drug-likeness (QED) is 0.395. The van der Waals surface area contributed by atoms with Gasteiger partial charge in [0.25, 0.3) is 0 Å². The van der Waals surface area contributed by atoms with Gasteiger partial charge in [-0.1, -0.05) is 18.2 Å². The minimum atomic E-state index is -0.607. The molecule has 0 bridgehead atoms. The van der Waals surface area contributed by atoms with Gasteiger partial charge in [-0.2, -0.15) is 0 Å². The van der Waals surface area contributed by atoms with Crippen LogP contribution in [-0.2, 0) is 4.74 Å². The number of nitrogens with zero attached hydrogens (tertiary/aromatic N) is 2. The number of pyridine rings is 1. The smallest absolute Gasteiger partial charge is 0.433 e. The van der Waals surface area contributed by atoms with Crippen molar-refractivity contribution in [2.75, 3.05) is 6.61 Å². The van der Waals surface area contributed by atoms with Crippen molar-refractivity contribution in [3.05, 3.63) is 69.6 Å². The van der Waals surface area contributed by atoms with E-state index in [1.807, 2.05) is 12.1 Å². The number of carbonyl (C=O) groups excluding carboxylic acids is 1. The summed E-state index contributed by atoms with van der Waals surface area (Å²) in [6.45, 7) is 2.02. The number of hydrogen-bond donors (Lipinski definition) is 0. The number of para-hydroxylation sites is 1. The Labute approximate surface area is 142 Å². The summed E-state index contributed by atoms with van der Waals surface area (Å²) in [7, 11) is 0. The highest BCUT2D eigenvalue weighted by Gasteiger charge is 2.13. The fourth-order valence-corrected chi connectivity index (χ4v) is 2.36. The second kappa shape index (κ2) is 6.96. The summed E-state index contributed by atoms with van der Waals surface area (Å²) < 4.78 is 10.2. The molecule has 7 heteroatoms. The molecule has 25 heavy (non-hydrogen) atoms. The molecule has 3 aromatic rings. The van der Waals surface area contributed by atoms with E-state index in [1.165, 1.54) is 12.1 Å². The van der Waals surface area contributed by atoms with Gasteiger partial charge in [0.2, 0.25) is 0 Å². The fraction of sp³-hybridized carbons (Fsp3) is 0.111. The van der Waals surface area contributed by atoms with E-state index in [1.54, 1.807) is 37.3 Å². The predicted octanol–water partition coefficient (Wildman–Crippen LogP) is 4.08. The van der Waals surface area contributed by atoms with Gasteiger partial charge in [0.15, 0.2) is 0 Å². The second-order valence-corrected chi connectivity index (χ2v) is 5.10. The molecule has 0 fully saturated rings. The largest absolute Gasteiger partial charge is 0.462 e. The monoisotopic (exact) mass is 338 g/mol. The second-order valence-electron chi connectivity index (χ2n) is 5.10. The fourth-order valence-electron chi connectivity index (χ4n) is 2.36. The third-order valence-corrected chi connectivity index (χ3v) is 3.44. The number of nitro groups is 1. The van der Waals surface area contributed by atoms with Crippen LogP contribution in [0.15, 0.2) is 46.9 Å². The van der Waals surface area contributed by atoms with Gasteiger partial charge in [-0.15, -0.1) is 0 Å². The van der Waals surface area contributed by atoms with E-state index in [-0.39, 0.29) is 12.5 Å². The molecular weight excluding hydrogens is 324 g/mol. The SMILES string of the molecule is CCOC(=O)c1cc(C=Cc2ccc([N+](=O)[O-])o2)nc2ccccc12. The Morgan fingerprint density at radius 1 is 1.28 bits per heavy atom. The van der Waals surface area contributed by atoms with Crippen LogP contribution >= 0.6 is 0 Å². The minimum absolute atomic E-state index is 0.275. The van der Waals surface area contributed by atoms with Crippen LogP contribution in [-0.4, -0.2) is 22.5 Å². The van der Waals surface area contributed by atoms with Crippen molar-refractivity contribution >= 4 is 34.9 Å². The van der Waals surface area contributed by atoms with Gasteiger partial charge >= 0.3 is 11.9 Å². The van der Waals surface area contributed by atoms with Crippen LogP contribution in [0.25, 0.3) is 23.1 Å². The van der Waals surface area contributed by atoms with Crippen LogP contribution in [0.1, 0.15) is 28.7 Å². The Kier molecular flexibility index (Phi) is 4.56. The zero-order valence-electron chi connectivity index (χ0n) is 13.3. The third kappa shape index (κ3) is 3.55. The van der Waals surface area contributed by atoms with Crippen LogP contribution in [0, 0.1) is 10.1 Å². The van der Waals surface area contributed by atoms with Crippen molar-refractivity contribution in [2.24, 2.45) is 0 Å². The summed E-state index contributed by atoms with van der Waals surface area (Å²) in [6.07, 6.45) is 3.18. The molecule has 0 aliphatic carbocycles. The molecule has 0 saturated heterocycles. The number of hydrogen-bond acceptors (Lipinski definition) is 6. The summed E-state index contributed by atoms with van der Waals surface area (Å²) in [4.78, 5) is 26.7. The highest BCUT2D eigenvalue weighted by molar-refractivity contribution is 6.04. The molecule has 2 heterocycles. The van der Waals surface area contributed by atoms with Crippen LogP contribution in [0.5, 0.6) is 0 Å². The van der Waals surface area contributed by atoms with E-state index in [2.05, 4.69) is 4.98 Å². The number of carbonyl (C=O) groups is 1. The molecule has 0 aliphatic heterocycles. The standard InChI is InChI=1S/C18H14N2O5/c1-2-24-18(21)15-11-12(19-16-6-4-3-5-14(15)16)7-8-13-9-10-17(25-13)20(22)23/h3-11H,2H2,1H3. The molecule has 126 valence electrons.